The third kappa shape index (κ3) is 3.64. The van der Waals surface area contributed by atoms with Crippen molar-refractivity contribution in [1.82, 2.24) is 14.9 Å². The molecule has 156 valence electrons. The highest BCUT2D eigenvalue weighted by molar-refractivity contribution is 6.08. The Balaban J connectivity index is 1.59. The van der Waals surface area contributed by atoms with Crippen molar-refractivity contribution in [2.75, 3.05) is 18.9 Å². The molecule has 3 heterocycles. The van der Waals surface area contributed by atoms with Crippen LogP contribution in [0.1, 0.15) is 27.2 Å². The molecule has 0 radical (unpaired) electrons. The first-order chi connectivity index (χ1) is 15.1. The van der Waals surface area contributed by atoms with Crippen LogP contribution >= 0.6 is 0 Å². The highest BCUT2D eigenvalue weighted by Crippen LogP contribution is 2.33. The summed E-state index contributed by atoms with van der Waals surface area (Å²) in [5.74, 6) is 1.38. The van der Waals surface area contributed by atoms with E-state index in [2.05, 4.69) is 29.4 Å². The van der Waals surface area contributed by atoms with Gasteiger partial charge in [0.15, 0.2) is 11.6 Å². The standard InChI is InChI=1S/C24H23N5O2/c1-29-11-10-20-18(13-29)23(26-12-15-6-3-2-4-7-15)28-24(27-20)21-16-8-5-9-17(22(25)30)19(16)14-31-21/h2-9,14H,10-13H2,1H3,(H2,25,30)(H,26,27,28). The smallest absolute Gasteiger partial charge is 0.249 e. The van der Waals surface area contributed by atoms with Gasteiger partial charge in [0.25, 0.3) is 0 Å². The van der Waals surface area contributed by atoms with Crippen LogP contribution in [0.3, 0.4) is 0 Å². The minimum Gasteiger partial charge on any atom is -0.460 e. The Morgan fingerprint density at radius 3 is 2.77 bits per heavy atom. The van der Waals surface area contributed by atoms with Gasteiger partial charge >= 0.3 is 0 Å². The molecule has 0 saturated heterocycles. The number of likely N-dealkylation sites (N-methyl/N-ethyl adjacent to an activating group) is 1. The molecule has 1 aliphatic heterocycles. The van der Waals surface area contributed by atoms with Crippen molar-refractivity contribution in [2.24, 2.45) is 5.73 Å². The number of rotatable bonds is 5. The number of hydrogen-bond donors (Lipinski definition) is 2. The molecule has 1 aliphatic rings. The molecular weight excluding hydrogens is 390 g/mol. The topological polar surface area (TPSA) is 97.3 Å². The van der Waals surface area contributed by atoms with Crippen LogP contribution in [0.25, 0.3) is 22.4 Å². The van der Waals surface area contributed by atoms with Crippen molar-refractivity contribution in [3.8, 4) is 11.6 Å². The largest absolute Gasteiger partial charge is 0.460 e. The van der Waals surface area contributed by atoms with Gasteiger partial charge in [0.05, 0.1) is 11.3 Å². The minimum absolute atomic E-state index is 0.425. The number of nitrogens with zero attached hydrogens (tertiary/aromatic N) is 3. The molecule has 0 saturated carbocycles. The maximum Gasteiger partial charge on any atom is 0.249 e. The number of nitrogens with two attached hydrogens (primary N) is 1. The van der Waals surface area contributed by atoms with Crippen LogP contribution < -0.4 is 11.1 Å². The van der Waals surface area contributed by atoms with Gasteiger partial charge in [0.2, 0.25) is 5.91 Å². The fraction of sp³-hybridized carbons (Fsp3) is 0.208. The first-order valence-electron chi connectivity index (χ1n) is 10.3. The maximum absolute atomic E-state index is 11.8. The van der Waals surface area contributed by atoms with Crippen molar-refractivity contribution < 1.29 is 9.21 Å². The van der Waals surface area contributed by atoms with Gasteiger partial charge in [-0.3, -0.25) is 4.79 Å². The molecule has 0 fully saturated rings. The molecule has 0 atom stereocenters. The summed E-state index contributed by atoms with van der Waals surface area (Å²) >= 11 is 0. The van der Waals surface area contributed by atoms with Gasteiger partial charge in [-0.05, 0) is 18.7 Å². The lowest BCUT2D eigenvalue weighted by molar-refractivity contribution is 0.100. The summed E-state index contributed by atoms with van der Waals surface area (Å²) in [6.45, 7) is 2.39. The first kappa shape index (κ1) is 19.3. The van der Waals surface area contributed by atoms with Gasteiger partial charge in [-0.2, -0.15) is 0 Å². The van der Waals surface area contributed by atoms with Crippen molar-refractivity contribution >= 4 is 22.5 Å². The summed E-state index contributed by atoms with van der Waals surface area (Å²) in [5.41, 5.74) is 9.26. The summed E-state index contributed by atoms with van der Waals surface area (Å²) < 4.78 is 5.85. The third-order valence-electron chi connectivity index (χ3n) is 5.67. The number of anilines is 1. The summed E-state index contributed by atoms with van der Waals surface area (Å²) in [6, 6.07) is 15.6. The molecule has 4 aromatic rings. The van der Waals surface area contributed by atoms with Gasteiger partial charge in [-0.15, -0.1) is 0 Å². The second-order valence-corrected chi connectivity index (χ2v) is 7.84. The molecule has 2 aromatic carbocycles. The van der Waals surface area contributed by atoms with Crippen molar-refractivity contribution in [3.63, 3.8) is 0 Å². The van der Waals surface area contributed by atoms with E-state index in [4.69, 9.17) is 20.1 Å². The van der Waals surface area contributed by atoms with Crippen molar-refractivity contribution in [1.29, 1.82) is 0 Å². The second-order valence-electron chi connectivity index (χ2n) is 7.84. The first-order valence-corrected chi connectivity index (χ1v) is 10.3. The molecule has 7 heteroatoms. The van der Waals surface area contributed by atoms with Crippen molar-refractivity contribution in [3.05, 3.63) is 77.2 Å². The maximum atomic E-state index is 11.8. The minimum atomic E-state index is -0.488. The SMILES string of the molecule is CN1CCc2nc(-c3occ4c(C(N)=O)cccc34)nc(NCc3ccccc3)c2C1. The number of carbonyl (C=O) groups is 1. The molecule has 2 aromatic heterocycles. The van der Waals surface area contributed by atoms with E-state index in [-0.39, 0.29) is 0 Å². The number of fused-ring (bicyclic) bond motifs is 2. The lowest BCUT2D eigenvalue weighted by atomic mass is 10.0. The third-order valence-corrected chi connectivity index (χ3v) is 5.67. The second kappa shape index (κ2) is 7.85. The molecule has 0 unspecified atom stereocenters. The molecule has 7 nitrogen and oxygen atoms in total. The molecular formula is C24H23N5O2. The lowest BCUT2D eigenvalue weighted by Crippen LogP contribution is -2.29. The van der Waals surface area contributed by atoms with Crippen LogP contribution in [0.2, 0.25) is 0 Å². The average Bonchev–Trinajstić information content (AvgIpc) is 3.22. The fourth-order valence-electron chi connectivity index (χ4n) is 4.04. The van der Waals surface area contributed by atoms with E-state index in [1.807, 2.05) is 24.3 Å². The van der Waals surface area contributed by atoms with Gasteiger partial charge in [-0.1, -0.05) is 42.5 Å². The zero-order valence-electron chi connectivity index (χ0n) is 17.3. The number of carbonyl (C=O) groups excluding carboxylic acids is 1. The van der Waals surface area contributed by atoms with E-state index >= 15 is 0 Å². The van der Waals surface area contributed by atoms with E-state index in [1.54, 1.807) is 18.4 Å². The van der Waals surface area contributed by atoms with Crippen LogP contribution in [0, 0.1) is 0 Å². The molecule has 1 amide bonds. The quantitative estimate of drug-likeness (QED) is 0.519. The van der Waals surface area contributed by atoms with Gasteiger partial charge < -0.3 is 20.4 Å². The molecule has 5 rings (SSSR count). The predicted octanol–water partition coefficient (Wildman–Crippen LogP) is 3.59. The summed E-state index contributed by atoms with van der Waals surface area (Å²) in [5, 5.41) is 4.94. The van der Waals surface area contributed by atoms with E-state index in [1.165, 1.54) is 5.56 Å². The number of nitrogens with one attached hydrogen (secondary N) is 1. The monoisotopic (exact) mass is 413 g/mol. The zero-order chi connectivity index (χ0) is 21.4. The normalized spacial score (nSPS) is 13.8. The Bertz CT molecular complexity index is 1270. The summed E-state index contributed by atoms with van der Waals surface area (Å²) in [6.07, 6.45) is 2.39. The number of primary amides is 1. The molecule has 3 N–H and O–H groups in total. The Morgan fingerprint density at radius 2 is 1.97 bits per heavy atom. The van der Waals surface area contributed by atoms with Gasteiger partial charge in [-0.25, -0.2) is 9.97 Å². The van der Waals surface area contributed by atoms with E-state index in [0.29, 0.717) is 29.1 Å². The highest BCUT2D eigenvalue weighted by atomic mass is 16.3. The van der Waals surface area contributed by atoms with E-state index in [9.17, 15) is 4.79 Å². The molecule has 0 aliphatic carbocycles. The lowest BCUT2D eigenvalue weighted by Gasteiger charge is -2.26. The number of hydrogen-bond acceptors (Lipinski definition) is 6. The number of aromatic nitrogens is 2. The van der Waals surface area contributed by atoms with Crippen molar-refractivity contribution in [2.45, 2.75) is 19.5 Å². The van der Waals surface area contributed by atoms with Gasteiger partial charge in [0, 0.05) is 42.4 Å². The number of furan rings is 1. The van der Waals surface area contributed by atoms with Crippen LogP contribution in [-0.2, 0) is 19.5 Å². The Labute approximate surface area is 179 Å². The molecule has 31 heavy (non-hydrogen) atoms. The van der Waals surface area contributed by atoms with Gasteiger partial charge in [0.1, 0.15) is 12.1 Å². The molecule has 0 bridgehead atoms. The van der Waals surface area contributed by atoms with Crippen LogP contribution in [0.15, 0.2) is 59.2 Å². The van der Waals surface area contributed by atoms with Crippen LogP contribution in [0.4, 0.5) is 5.82 Å². The van der Waals surface area contributed by atoms with Crippen LogP contribution in [-0.4, -0.2) is 34.4 Å². The van der Waals surface area contributed by atoms with Crippen LogP contribution in [0.5, 0.6) is 0 Å². The number of amides is 1. The predicted molar refractivity (Wildman–Crippen MR) is 120 cm³/mol. The number of benzene rings is 2. The fourth-order valence-corrected chi connectivity index (χ4v) is 4.04. The summed E-state index contributed by atoms with van der Waals surface area (Å²) in [4.78, 5) is 23.7. The van der Waals surface area contributed by atoms with E-state index in [0.717, 1.165) is 42.0 Å². The summed E-state index contributed by atoms with van der Waals surface area (Å²) in [7, 11) is 2.10. The Kier molecular flexibility index (Phi) is 4.88. The van der Waals surface area contributed by atoms with E-state index < -0.39 is 5.91 Å². The Morgan fingerprint density at radius 1 is 1.13 bits per heavy atom. The molecule has 0 spiro atoms. The Hall–Kier alpha value is -3.71. The zero-order valence-corrected chi connectivity index (χ0v) is 17.3. The average molecular weight is 413 g/mol. The highest BCUT2D eigenvalue weighted by Gasteiger charge is 2.23.